The predicted molar refractivity (Wildman–Crippen MR) is 145 cm³/mol. The van der Waals surface area contributed by atoms with Crippen molar-refractivity contribution in [3.05, 3.63) is 69.4 Å². The van der Waals surface area contributed by atoms with Gasteiger partial charge in [0.1, 0.15) is 23.8 Å². The molecular weight excluding hydrogens is 503 g/mol. The van der Waals surface area contributed by atoms with Gasteiger partial charge in [-0.1, -0.05) is 6.07 Å². The molecule has 39 heavy (non-hydrogen) atoms. The fourth-order valence-electron chi connectivity index (χ4n) is 5.40. The zero-order valence-corrected chi connectivity index (χ0v) is 21.5. The van der Waals surface area contributed by atoms with E-state index in [-0.39, 0.29) is 47.5 Å². The molecule has 200 valence electrons. The van der Waals surface area contributed by atoms with Crippen LogP contribution in [0.1, 0.15) is 41.4 Å². The van der Waals surface area contributed by atoms with Crippen molar-refractivity contribution >= 4 is 34.3 Å². The molecule has 2 aromatic carbocycles. The number of hydrogen-bond acceptors (Lipinski definition) is 9. The lowest BCUT2D eigenvalue weighted by molar-refractivity contribution is 0.0523. The Kier molecular flexibility index (Phi) is 5.86. The summed E-state index contributed by atoms with van der Waals surface area (Å²) in [6, 6.07) is 6.77. The van der Waals surface area contributed by atoms with Crippen molar-refractivity contribution < 1.29 is 18.7 Å². The summed E-state index contributed by atoms with van der Waals surface area (Å²) in [7, 11) is 0. The van der Waals surface area contributed by atoms with Crippen LogP contribution in [0, 0.1) is 5.82 Å². The molecule has 2 aromatic heterocycles. The highest BCUT2D eigenvalue weighted by Crippen LogP contribution is 2.43. The van der Waals surface area contributed by atoms with E-state index in [4.69, 9.17) is 20.9 Å². The van der Waals surface area contributed by atoms with Gasteiger partial charge in [-0.3, -0.25) is 4.79 Å². The van der Waals surface area contributed by atoms with Crippen LogP contribution >= 0.6 is 0 Å². The van der Waals surface area contributed by atoms with Crippen molar-refractivity contribution in [2.75, 3.05) is 36.1 Å². The molecule has 0 saturated carbocycles. The summed E-state index contributed by atoms with van der Waals surface area (Å²) in [5, 5.41) is 0.0824. The molecule has 0 aliphatic carbocycles. The Morgan fingerprint density at radius 2 is 2.10 bits per heavy atom. The van der Waals surface area contributed by atoms with Crippen molar-refractivity contribution in [1.29, 1.82) is 0 Å². The van der Waals surface area contributed by atoms with Crippen molar-refractivity contribution in [2.24, 2.45) is 0 Å². The van der Waals surface area contributed by atoms with Gasteiger partial charge in [-0.05, 0) is 49.6 Å². The molecule has 0 radical (unpaired) electrons. The van der Waals surface area contributed by atoms with E-state index in [9.17, 15) is 9.59 Å². The zero-order valence-electron chi connectivity index (χ0n) is 21.5. The van der Waals surface area contributed by atoms with Crippen molar-refractivity contribution in [3.63, 3.8) is 0 Å². The average Bonchev–Trinajstić information content (AvgIpc) is 3.30. The molecule has 0 bridgehead atoms. The summed E-state index contributed by atoms with van der Waals surface area (Å²) < 4.78 is 28.7. The van der Waals surface area contributed by atoms with Gasteiger partial charge < -0.3 is 30.4 Å². The third-order valence-corrected chi connectivity index (χ3v) is 7.30. The van der Waals surface area contributed by atoms with Gasteiger partial charge in [0.05, 0.1) is 29.1 Å². The van der Waals surface area contributed by atoms with Gasteiger partial charge in [0.25, 0.3) is 0 Å². The van der Waals surface area contributed by atoms with Crippen LogP contribution in [-0.2, 0) is 17.7 Å². The number of carbonyl (C=O) groups is 1. The molecule has 2 aliphatic heterocycles. The topological polar surface area (TPSA) is 139 Å². The minimum atomic E-state index is -0.728. The molecule has 0 saturated heterocycles. The van der Waals surface area contributed by atoms with Crippen molar-refractivity contribution in [3.8, 4) is 16.9 Å². The summed E-state index contributed by atoms with van der Waals surface area (Å²) in [4.78, 5) is 35.9. The first kappa shape index (κ1) is 24.7. The maximum atomic E-state index is 15.8. The van der Waals surface area contributed by atoms with Gasteiger partial charge in [-0.25, -0.2) is 14.2 Å². The summed E-state index contributed by atoms with van der Waals surface area (Å²) in [5.41, 5.74) is 15.2. The Hall–Kier alpha value is -4.67. The standard InChI is InChI=1S/C28H27FN6O4/c1-3-38-27(37)19-12-35-14(2)13-39-25-22(20(29)9-18(23(25)35)24(19)36)16-4-5-21-15(8-16)6-7-34(21)11-17-10-32-28(31)33-26(17)30/h4-5,8-10,12,14H,3,6-7,11,13H2,1-2H3,(H4,30,31,32,33). The SMILES string of the molecule is CCOC(=O)c1cn2c3c(c(-c4ccc5c(c4)CCN5Cc4cnc(N)nc4N)c(F)cc3c1=O)OCC2C. The first-order valence-electron chi connectivity index (χ1n) is 12.7. The number of esters is 1. The molecule has 0 amide bonds. The maximum Gasteiger partial charge on any atom is 0.343 e. The van der Waals surface area contributed by atoms with E-state index >= 15 is 4.39 Å². The monoisotopic (exact) mass is 530 g/mol. The molecule has 4 aromatic rings. The number of nitrogen functional groups attached to an aromatic ring is 2. The molecule has 0 fully saturated rings. The van der Waals surface area contributed by atoms with E-state index in [0.29, 0.717) is 23.4 Å². The third-order valence-electron chi connectivity index (χ3n) is 7.30. The number of halogens is 1. The van der Waals surface area contributed by atoms with Crippen LogP contribution in [0.15, 0.2) is 41.5 Å². The molecule has 4 heterocycles. The molecule has 11 heteroatoms. The van der Waals surface area contributed by atoms with Crippen LogP contribution in [-0.4, -0.2) is 40.3 Å². The Bertz CT molecular complexity index is 1720. The van der Waals surface area contributed by atoms with Gasteiger partial charge in [0.15, 0.2) is 5.75 Å². The van der Waals surface area contributed by atoms with Gasteiger partial charge >= 0.3 is 5.97 Å². The number of rotatable bonds is 5. The number of carbonyl (C=O) groups excluding carboxylic acids is 1. The Balaban J connectivity index is 1.43. The number of hydrogen-bond donors (Lipinski definition) is 2. The highest BCUT2D eigenvalue weighted by Gasteiger charge is 2.30. The fraction of sp³-hybridized carbons (Fsp3) is 0.286. The largest absolute Gasteiger partial charge is 0.488 e. The number of fused-ring (bicyclic) bond motifs is 1. The minimum Gasteiger partial charge on any atom is -0.488 e. The lowest BCUT2D eigenvalue weighted by Gasteiger charge is -2.29. The lowest BCUT2D eigenvalue weighted by Crippen LogP contribution is -2.27. The third kappa shape index (κ3) is 4.01. The quantitative estimate of drug-likeness (QED) is 0.372. The summed E-state index contributed by atoms with van der Waals surface area (Å²) in [5.74, 6) is -0.569. The Morgan fingerprint density at radius 1 is 1.28 bits per heavy atom. The van der Waals surface area contributed by atoms with Crippen molar-refractivity contribution in [1.82, 2.24) is 14.5 Å². The average molecular weight is 531 g/mol. The highest BCUT2D eigenvalue weighted by atomic mass is 19.1. The number of ether oxygens (including phenoxy) is 2. The number of aromatic nitrogens is 3. The van der Waals surface area contributed by atoms with Crippen LogP contribution in [0.4, 0.5) is 21.8 Å². The Morgan fingerprint density at radius 3 is 2.87 bits per heavy atom. The zero-order chi connectivity index (χ0) is 27.4. The van der Waals surface area contributed by atoms with Gasteiger partial charge in [0.2, 0.25) is 11.4 Å². The number of nitrogens with zero attached hydrogens (tertiary/aromatic N) is 4. The van der Waals surface area contributed by atoms with Crippen LogP contribution < -0.4 is 26.5 Å². The van der Waals surface area contributed by atoms with E-state index in [1.165, 1.54) is 12.3 Å². The Labute approximate surface area is 223 Å². The van der Waals surface area contributed by atoms with E-state index in [2.05, 4.69) is 14.9 Å². The maximum absolute atomic E-state index is 15.8. The number of pyridine rings is 1. The normalized spacial score (nSPS) is 15.8. The minimum absolute atomic E-state index is 0.0824. The van der Waals surface area contributed by atoms with Crippen LogP contribution in [0.25, 0.3) is 22.0 Å². The highest BCUT2D eigenvalue weighted by molar-refractivity contribution is 5.98. The second-order valence-electron chi connectivity index (χ2n) is 9.77. The second kappa shape index (κ2) is 9.26. The van der Waals surface area contributed by atoms with Crippen LogP contribution in [0.3, 0.4) is 0 Å². The smallest absolute Gasteiger partial charge is 0.343 e. The summed E-state index contributed by atoms with van der Waals surface area (Å²) >= 11 is 0. The van der Waals surface area contributed by atoms with Crippen molar-refractivity contribution in [2.45, 2.75) is 32.9 Å². The molecule has 6 rings (SSSR count). The molecule has 4 N–H and O–H groups in total. The summed E-state index contributed by atoms with van der Waals surface area (Å²) in [6.07, 6.45) is 3.88. The molecule has 1 unspecified atom stereocenters. The first-order valence-corrected chi connectivity index (χ1v) is 12.7. The molecule has 1 atom stereocenters. The molecular formula is C28H27FN6O4. The van der Waals surface area contributed by atoms with E-state index < -0.39 is 17.2 Å². The fourth-order valence-corrected chi connectivity index (χ4v) is 5.40. The number of nitrogens with two attached hydrogens (primary N) is 2. The lowest BCUT2D eigenvalue weighted by atomic mass is 9.96. The van der Waals surface area contributed by atoms with E-state index in [1.807, 2.05) is 25.1 Å². The van der Waals surface area contributed by atoms with Gasteiger partial charge in [0, 0.05) is 36.7 Å². The van der Waals surface area contributed by atoms with Gasteiger partial charge in [-0.15, -0.1) is 0 Å². The van der Waals surface area contributed by atoms with E-state index in [1.54, 1.807) is 17.7 Å². The van der Waals surface area contributed by atoms with Crippen LogP contribution in [0.2, 0.25) is 0 Å². The number of benzene rings is 2. The number of anilines is 3. The molecule has 0 spiro atoms. The summed E-state index contributed by atoms with van der Waals surface area (Å²) in [6.45, 7) is 5.23. The predicted octanol–water partition coefficient (Wildman–Crippen LogP) is 3.45. The first-order chi connectivity index (χ1) is 18.8. The molecule has 2 aliphatic rings. The van der Waals surface area contributed by atoms with Gasteiger partial charge in [-0.2, -0.15) is 4.98 Å². The molecule has 10 nitrogen and oxygen atoms in total. The van der Waals surface area contributed by atoms with E-state index in [0.717, 1.165) is 29.8 Å². The van der Waals surface area contributed by atoms with Crippen LogP contribution in [0.5, 0.6) is 5.75 Å². The second-order valence-corrected chi connectivity index (χ2v) is 9.77.